The van der Waals surface area contributed by atoms with Gasteiger partial charge in [0.05, 0.1) is 30.2 Å². The second kappa shape index (κ2) is 10.8. The van der Waals surface area contributed by atoms with E-state index in [1.165, 1.54) is 12.1 Å². The van der Waals surface area contributed by atoms with Crippen LogP contribution in [0.15, 0.2) is 77.6 Å². The van der Waals surface area contributed by atoms with E-state index in [1.54, 1.807) is 29.9 Å². The summed E-state index contributed by atoms with van der Waals surface area (Å²) in [6.07, 6.45) is 0.659. The Labute approximate surface area is 230 Å². The van der Waals surface area contributed by atoms with E-state index in [0.29, 0.717) is 42.0 Å². The Morgan fingerprint density at radius 1 is 0.925 bits per heavy atom. The zero-order chi connectivity index (χ0) is 27.6. The van der Waals surface area contributed by atoms with Crippen LogP contribution in [0.4, 0.5) is 10.1 Å². The highest BCUT2D eigenvalue weighted by molar-refractivity contribution is 5.81. The van der Waals surface area contributed by atoms with Gasteiger partial charge in [-0.15, -0.1) is 10.2 Å². The summed E-state index contributed by atoms with van der Waals surface area (Å²) in [5.74, 6) is 1.54. The molecule has 0 unspecified atom stereocenters. The van der Waals surface area contributed by atoms with Crippen molar-refractivity contribution in [2.75, 3.05) is 38.2 Å². The number of hydrogen-bond acceptors (Lipinski definition) is 6. The van der Waals surface area contributed by atoms with Crippen LogP contribution in [-0.4, -0.2) is 63.3 Å². The van der Waals surface area contributed by atoms with Gasteiger partial charge in [0.25, 0.3) is 5.56 Å². The largest absolute Gasteiger partial charge is 0.495 e. The molecular formula is C30H29FN6O3. The number of carbonyl (C=O) groups is 1. The molecule has 2 aromatic heterocycles. The summed E-state index contributed by atoms with van der Waals surface area (Å²) in [5, 5.41) is 9.27. The highest BCUT2D eigenvalue weighted by Gasteiger charge is 2.24. The van der Waals surface area contributed by atoms with E-state index in [1.807, 2.05) is 51.8 Å². The summed E-state index contributed by atoms with van der Waals surface area (Å²) < 4.78 is 22.3. The van der Waals surface area contributed by atoms with Crippen LogP contribution in [0.2, 0.25) is 0 Å². The minimum Gasteiger partial charge on any atom is -0.495 e. The highest BCUT2D eigenvalue weighted by atomic mass is 19.1. The number of anilines is 1. The Bertz CT molecular complexity index is 1740. The molecule has 0 aliphatic carbocycles. The first kappa shape index (κ1) is 25.5. The van der Waals surface area contributed by atoms with Crippen molar-refractivity contribution in [1.82, 2.24) is 24.1 Å². The molecule has 3 aromatic carbocycles. The molecule has 6 rings (SSSR count). The number of methoxy groups -OCH3 is 1. The van der Waals surface area contributed by atoms with Crippen LogP contribution in [0.25, 0.3) is 16.7 Å². The Hall–Kier alpha value is -4.73. The lowest BCUT2D eigenvalue weighted by molar-refractivity contribution is -0.131. The molecule has 0 N–H and O–H groups in total. The molecule has 5 aromatic rings. The number of hydrogen-bond donors (Lipinski definition) is 0. The molecule has 0 spiro atoms. The number of fused-ring (bicyclic) bond motifs is 3. The number of benzene rings is 3. The van der Waals surface area contributed by atoms with Gasteiger partial charge in [-0.05, 0) is 42.0 Å². The zero-order valence-corrected chi connectivity index (χ0v) is 22.2. The zero-order valence-electron chi connectivity index (χ0n) is 22.2. The molecule has 0 atom stereocenters. The van der Waals surface area contributed by atoms with Crippen molar-refractivity contribution in [2.45, 2.75) is 19.4 Å². The van der Waals surface area contributed by atoms with Gasteiger partial charge >= 0.3 is 0 Å². The van der Waals surface area contributed by atoms with Crippen molar-refractivity contribution in [3.63, 3.8) is 0 Å². The Morgan fingerprint density at radius 2 is 1.65 bits per heavy atom. The molecule has 204 valence electrons. The van der Waals surface area contributed by atoms with Gasteiger partial charge in [0.1, 0.15) is 17.4 Å². The van der Waals surface area contributed by atoms with Crippen molar-refractivity contribution in [3.05, 3.63) is 100 Å². The van der Waals surface area contributed by atoms with Crippen molar-refractivity contribution in [2.24, 2.45) is 0 Å². The fourth-order valence-electron chi connectivity index (χ4n) is 5.36. The van der Waals surface area contributed by atoms with Gasteiger partial charge in [0.15, 0.2) is 0 Å². The molecule has 1 aliphatic heterocycles. The number of amides is 1. The topological polar surface area (TPSA) is 85.0 Å². The molecule has 0 bridgehead atoms. The molecule has 1 aliphatic rings. The van der Waals surface area contributed by atoms with Gasteiger partial charge in [0, 0.05) is 39.0 Å². The average molecular weight is 541 g/mol. The lowest BCUT2D eigenvalue weighted by Gasteiger charge is -2.36. The van der Waals surface area contributed by atoms with Gasteiger partial charge in [-0.1, -0.05) is 36.4 Å². The maximum atomic E-state index is 13.4. The smallest absolute Gasteiger partial charge is 0.263 e. The summed E-state index contributed by atoms with van der Waals surface area (Å²) in [6, 6.07) is 21.3. The van der Waals surface area contributed by atoms with E-state index in [4.69, 9.17) is 4.74 Å². The van der Waals surface area contributed by atoms with E-state index in [-0.39, 0.29) is 30.2 Å². The minimum atomic E-state index is -0.338. The Kier molecular flexibility index (Phi) is 6.90. The molecule has 3 heterocycles. The summed E-state index contributed by atoms with van der Waals surface area (Å²) >= 11 is 0. The standard InChI is InChI=1S/C30H29FN6O3/c1-40-26-9-5-4-8-25(26)34-16-18-35(19-17-34)28(38)15-14-27-32-33-30-36(20-21-10-12-22(31)13-11-21)29(39)23-6-2-3-7-24(23)37(27)30/h2-13H,14-20H2,1H3. The van der Waals surface area contributed by atoms with Gasteiger partial charge in [-0.3, -0.25) is 18.6 Å². The maximum absolute atomic E-state index is 13.4. The SMILES string of the molecule is COc1ccccc1N1CCN(C(=O)CCc2nnc3n(Cc4ccc(F)cc4)c(=O)c4ccccc4n23)CC1. The van der Waals surface area contributed by atoms with Gasteiger partial charge in [-0.2, -0.15) is 0 Å². The fraction of sp³-hybridized carbons (Fsp3) is 0.267. The third-order valence-electron chi connectivity index (χ3n) is 7.45. The number of aromatic nitrogens is 4. The van der Waals surface area contributed by atoms with Crippen LogP contribution >= 0.6 is 0 Å². The molecule has 1 amide bonds. The molecule has 0 saturated carbocycles. The summed E-state index contributed by atoms with van der Waals surface area (Å²) in [4.78, 5) is 30.7. The molecule has 1 fully saturated rings. The van der Waals surface area contributed by atoms with Crippen molar-refractivity contribution < 1.29 is 13.9 Å². The van der Waals surface area contributed by atoms with Crippen LogP contribution in [0.5, 0.6) is 5.75 Å². The van der Waals surface area contributed by atoms with Gasteiger partial charge in [-0.25, -0.2) is 4.39 Å². The van der Waals surface area contributed by atoms with E-state index in [9.17, 15) is 14.0 Å². The van der Waals surface area contributed by atoms with Crippen LogP contribution in [0, 0.1) is 5.82 Å². The maximum Gasteiger partial charge on any atom is 0.263 e. The van der Waals surface area contributed by atoms with Crippen LogP contribution < -0.4 is 15.2 Å². The molecule has 40 heavy (non-hydrogen) atoms. The minimum absolute atomic E-state index is 0.0559. The first-order chi connectivity index (χ1) is 19.5. The highest BCUT2D eigenvalue weighted by Crippen LogP contribution is 2.28. The third kappa shape index (κ3) is 4.76. The Balaban J connectivity index is 1.21. The lowest BCUT2D eigenvalue weighted by atomic mass is 10.2. The normalized spacial score (nSPS) is 13.8. The van der Waals surface area contributed by atoms with Crippen molar-refractivity contribution in [3.8, 4) is 5.75 Å². The van der Waals surface area contributed by atoms with E-state index in [0.717, 1.165) is 30.1 Å². The molecule has 9 nitrogen and oxygen atoms in total. The number of nitrogens with zero attached hydrogens (tertiary/aromatic N) is 6. The second-order valence-electron chi connectivity index (χ2n) is 9.83. The molecule has 0 radical (unpaired) electrons. The molecule has 1 saturated heterocycles. The summed E-state index contributed by atoms with van der Waals surface area (Å²) in [5.41, 5.74) is 2.30. The molecule has 10 heteroatoms. The van der Waals surface area contributed by atoms with E-state index < -0.39 is 0 Å². The average Bonchev–Trinajstić information content (AvgIpc) is 3.43. The lowest BCUT2D eigenvalue weighted by Crippen LogP contribution is -2.49. The summed E-state index contributed by atoms with van der Waals surface area (Å²) in [7, 11) is 1.66. The fourth-order valence-corrected chi connectivity index (χ4v) is 5.36. The number of piperazine rings is 1. The van der Waals surface area contributed by atoms with E-state index in [2.05, 4.69) is 15.1 Å². The first-order valence-electron chi connectivity index (χ1n) is 13.3. The summed E-state index contributed by atoms with van der Waals surface area (Å²) in [6.45, 7) is 2.91. The van der Waals surface area contributed by atoms with Crippen LogP contribution in [0.3, 0.4) is 0 Å². The number of carbonyl (C=O) groups excluding carboxylic acids is 1. The number of ether oxygens (including phenoxy) is 1. The number of para-hydroxylation sites is 3. The Morgan fingerprint density at radius 3 is 2.42 bits per heavy atom. The predicted octanol–water partition coefficient (Wildman–Crippen LogP) is 3.52. The van der Waals surface area contributed by atoms with Crippen molar-refractivity contribution in [1.29, 1.82) is 0 Å². The number of rotatable bonds is 7. The van der Waals surface area contributed by atoms with Gasteiger partial charge < -0.3 is 14.5 Å². The van der Waals surface area contributed by atoms with Gasteiger partial charge in [0.2, 0.25) is 11.7 Å². The number of aryl methyl sites for hydroxylation is 1. The second-order valence-corrected chi connectivity index (χ2v) is 9.83. The third-order valence-corrected chi connectivity index (χ3v) is 7.45. The van der Waals surface area contributed by atoms with Crippen molar-refractivity contribution >= 4 is 28.3 Å². The predicted molar refractivity (Wildman–Crippen MR) is 150 cm³/mol. The quantitative estimate of drug-likeness (QED) is 0.314. The monoisotopic (exact) mass is 540 g/mol. The number of halogens is 1. The van der Waals surface area contributed by atoms with Crippen LogP contribution in [-0.2, 0) is 17.8 Å². The van der Waals surface area contributed by atoms with E-state index >= 15 is 0 Å². The van der Waals surface area contributed by atoms with Crippen LogP contribution in [0.1, 0.15) is 17.8 Å². The molecular weight excluding hydrogens is 511 g/mol. The first-order valence-corrected chi connectivity index (χ1v) is 13.3.